The molecule has 0 aliphatic rings. The molecule has 5 nitrogen and oxygen atoms in total. The van der Waals surface area contributed by atoms with Gasteiger partial charge in [-0.25, -0.2) is 4.68 Å². The summed E-state index contributed by atoms with van der Waals surface area (Å²) in [5.74, 6) is 0.628. The molecule has 0 bridgehead atoms. The van der Waals surface area contributed by atoms with Crippen LogP contribution < -0.4 is 4.74 Å². The summed E-state index contributed by atoms with van der Waals surface area (Å²) in [5.41, 5.74) is 1.73. The molecule has 6 heteroatoms. The third-order valence-corrected chi connectivity index (χ3v) is 2.81. The van der Waals surface area contributed by atoms with Crippen molar-refractivity contribution in [2.24, 2.45) is 0 Å². The van der Waals surface area contributed by atoms with E-state index in [4.69, 9.17) is 21.6 Å². The molecule has 0 N–H and O–H groups in total. The number of nitriles is 1. The number of hydrogen-bond acceptors (Lipinski definition) is 4. The van der Waals surface area contributed by atoms with E-state index in [0.717, 1.165) is 5.69 Å². The van der Waals surface area contributed by atoms with Gasteiger partial charge < -0.3 is 4.74 Å². The fraction of sp³-hybridized carbons (Fsp3) is 0.250. The molecule has 0 amide bonds. The molecular formula is C12H11ClN4O. The van der Waals surface area contributed by atoms with Gasteiger partial charge in [-0.15, -0.1) is 5.10 Å². The van der Waals surface area contributed by atoms with E-state index in [9.17, 15) is 0 Å². The highest BCUT2D eigenvalue weighted by molar-refractivity contribution is 6.30. The molecule has 92 valence electrons. The number of aromatic nitrogens is 3. The van der Waals surface area contributed by atoms with Crippen LogP contribution in [0.15, 0.2) is 18.2 Å². The molecule has 2 aromatic rings. The van der Waals surface area contributed by atoms with Gasteiger partial charge in [-0.05, 0) is 24.6 Å². The zero-order valence-corrected chi connectivity index (χ0v) is 10.8. The van der Waals surface area contributed by atoms with E-state index in [1.54, 1.807) is 30.0 Å². The summed E-state index contributed by atoms with van der Waals surface area (Å²) in [6, 6.07) is 7.24. The Bertz CT molecular complexity index is 615. The van der Waals surface area contributed by atoms with Gasteiger partial charge in [-0.3, -0.25) is 0 Å². The Morgan fingerprint density at radius 1 is 1.50 bits per heavy atom. The second-order valence-corrected chi connectivity index (χ2v) is 4.01. The van der Waals surface area contributed by atoms with Crippen molar-refractivity contribution in [3.8, 4) is 17.5 Å². The first-order valence-corrected chi connectivity index (χ1v) is 5.77. The minimum atomic E-state index is 0.319. The van der Waals surface area contributed by atoms with Crippen molar-refractivity contribution >= 4 is 11.6 Å². The molecule has 0 fully saturated rings. The molecule has 2 rings (SSSR count). The van der Waals surface area contributed by atoms with Crippen LogP contribution in [0.1, 0.15) is 18.3 Å². The lowest BCUT2D eigenvalue weighted by Crippen LogP contribution is -2.04. The summed E-state index contributed by atoms with van der Waals surface area (Å²) in [7, 11) is 1.57. The third kappa shape index (κ3) is 2.03. The van der Waals surface area contributed by atoms with Crippen molar-refractivity contribution in [2.75, 3.05) is 7.11 Å². The number of rotatable bonds is 3. The highest BCUT2D eigenvalue weighted by atomic mass is 35.5. The second kappa shape index (κ2) is 5.07. The predicted molar refractivity (Wildman–Crippen MR) is 67.0 cm³/mol. The smallest absolute Gasteiger partial charge is 0.186 e. The molecule has 0 saturated carbocycles. The zero-order chi connectivity index (χ0) is 13.1. The van der Waals surface area contributed by atoms with Gasteiger partial charge in [0.1, 0.15) is 17.5 Å². The predicted octanol–water partition coefficient (Wildman–Crippen LogP) is 2.36. The van der Waals surface area contributed by atoms with E-state index in [1.807, 2.05) is 13.0 Å². The van der Waals surface area contributed by atoms with Gasteiger partial charge in [0.2, 0.25) is 0 Å². The summed E-state index contributed by atoms with van der Waals surface area (Å²) in [6.07, 6.45) is 0.644. The fourth-order valence-electron chi connectivity index (χ4n) is 1.73. The van der Waals surface area contributed by atoms with Crippen LogP contribution in [-0.4, -0.2) is 22.1 Å². The Morgan fingerprint density at radius 2 is 2.28 bits per heavy atom. The maximum atomic E-state index is 8.97. The number of methoxy groups -OCH3 is 1. The van der Waals surface area contributed by atoms with Crippen molar-refractivity contribution in [3.63, 3.8) is 0 Å². The van der Waals surface area contributed by atoms with Crippen molar-refractivity contribution in [1.29, 1.82) is 5.26 Å². The number of ether oxygens (including phenoxy) is 1. The quantitative estimate of drug-likeness (QED) is 0.852. The van der Waals surface area contributed by atoms with Gasteiger partial charge in [0.05, 0.1) is 12.8 Å². The Hall–Kier alpha value is -2.06. The third-order valence-electron chi connectivity index (χ3n) is 2.57. The molecular weight excluding hydrogens is 252 g/mol. The molecule has 1 aromatic carbocycles. The molecule has 1 aromatic heterocycles. The van der Waals surface area contributed by atoms with Gasteiger partial charge in [0.15, 0.2) is 5.69 Å². The van der Waals surface area contributed by atoms with Crippen molar-refractivity contribution in [2.45, 2.75) is 13.3 Å². The molecule has 1 heterocycles. The van der Waals surface area contributed by atoms with Crippen LogP contribution in [0.2, 0.25) is 5.02 Å². The molecule has 0 saturated heterocycles. The van der Waals surface area contributed by atoms with Crippen LogP contribution in [0.4, 0.5) is 0 Å². The van der Waals surface area contributed by atoms with Crippen LogP contribution in [0.3, 0.4) is 0 Å². The average molecular weight is 263 g/mol. The lowest BCUT2D eigenvalue weighted by molar-refractivity contribution is 0.411. The van der Waals surface area contributed by atoms with E-state index < -0.39 is 0 Å². The van der Waals surface area contributed by atoms with Gasteiger partial charge in [0, 0.05) is 5.02 Å². The topological polar surface area (TPSA) is 63.7 Å². The van der Waals surface area contributed by atoms with Crippen LogP contribution in [-0.2, 0) is 6.42 Å². The first-order valence-electron chi connectivity index (χ1n) is 5.39. The first kappa shape index (κ1) is 12.4. The van der Waals surface area contributed by atoms with E-state index in [-0.39, 0.29) is 0 Å². The van der Waals surface area contributed by atoms with Gasteiger partial charge in [-0.1, -0.05) is 23.7 Å². The van der Waals surface area contributed by atoms with E-state index in [1.165, 1.54) is 0 Å². The van der Waals surface area contributed by atoms with E-state index in [2.05, 4.69) is 10.3 Å². The monoisotopic (exact) mass is 262 g/mol. The minimum absolute atomic E-state index is 0.319. The van der Waals surface area contributed by atoms with E-state index in [0.29, 0.717) is 28.6 Å². The summed E-state index contributed by atoms with van der Waals surface area (Å²) in [5, 5.41) is 17.4. The van der Waals surface area contributed by atoms with Crippen molar-refractivity contribution < 1.29 is 4.74 Å². The molecule has 0 atom stereocenters. The molecule has 0 unspecified atom stereocenters. The Balaban J connectivity index is 2.65. The minimum Gasteiger partial charge on any atom is -0.494 e. The number of nitrogens with zero attached hydrogens (tertiary/aromatic N) is 4. The van der Waals surface area contributed by atoms with Crippen LogP contribution in [0, 0.1) is 11.3 Å². The average Bonchev–Trinajstić information content (AvgIpc) is 2.81. The van der Waals surface area contributed by atoms with Crippen LogP contribution in [0.5, 0.6) is 5.75 Å². The number of benzene rings is 1. The SMILES string of the molecule is CCc1c(C#N)nnn1-c1cc(Cl)ccc1OC. The summed E-state index contributed by atoms with van der Waals surface area (Å²) < 4.78 is 6.85. The summed E-state index contributed by atoms with van der Waals surface area (Å²) in [6.45, 7) is 1.94. The molecule has 18 heavy (non-hydrogen) atoms. The lowest BCUT2D eigenvalue weighted by atomic mass is 10.2. The Morgan fingerprint density at radius 3 is 2.89 bits per heavy atom. The molecule has 0 spiro atoms. The lowest BCUT2D eigenvalue weighted by Gasteiger charge is -2.10. The Labute approximate surface area is 110 Å². The molecule has 0 aliphatic carbocycles. The second-order valence-electron chi connectivity index (χ2n) is 3.58. The van der Waals surface area contributed by atoms with Crippen LogP contribution in [0.25, 0.3) is 5.69 Å². The Kier molecular flexibility index (Phi) is 3.49. The van der Waals surface area contributed by atoms with Gasteiger partial charge in [0.25, 0.3) is 0 Å². The first-order chi connectivity index (χ1) is 8.71. The normalized spacial score (nSPS) is 10.1. The van der Waals surface area contributed by atoms with Crippen molar-refractivity contribution in [1.82, 2.24) is 15.0 Å². The largest absolute Gasteiger partial charge is 0.494 e. The fourth-order valence-corrected chi connectivity index (χ4v) is 1.89. The number of halogens is 1. The summed E-state index contributed by atoms with van der Waals surface area (Å²) >= 11 is 5.98. The van der Waals surface area contributed by atoms with Gasteiger partial charge >= 0.3 is 0 Å². The zero-order valence-electron chi connectivity index (χ0n) is 10.0. The van der Waals surface area contributed by atoms with E-state index >= 15 is 0 Å². The highest BCUT2D eigenvalue weighted by Crippen LogP contribution is 2.27. The van der Waals surface area contributed by atoms with Crippen molar-refractivity contribution in [3.05, 3.63) is 34.6 Å². The maximum Gasteiger partial charge on any atom is 0.186 e. The standard InChI is InChI=1S/C12H11ClN4O/c1-3-10-9(7-14)15-16-17(10)11-6-8(13)4-5-12(11)18-2/h4-6H,3H2,1-2H3. The summed E-state index contributed by atoms with van der Waals surface area (Å²) in [4.78, 5) is 0. The molecule has 0 aliphatic heterocycles. The van der Waals surface area contributed by atoms with Gasteiger partial charge in [-0.2, -0.15) is 5.26 Å². The van der Waals surface area contributed by atoms with Crippen LogP contribution >= 0.6 is 11.6 Å². The highest BCUT2D eigenvalue weighted by Gasteiger charge is 2.15. The molecule has 0 radical (unpaired) electrons. The number of hydrogen-bond donors (Lipinski definition) is 0. The maximum absolute atomic E-state index is 8.97.